The van der Waals surface area contributed by atoms with E-state index >= 15 is 0 Å². The zero-order valence-electron chi connectivity index (χ0n) is 22.3. The Kier molecular flexibility index (Phi) is 4.64. The molecule has 0 radical (unpaired) electrons. The summed E-state index contributed by atoms with van der Waals surface area (Å²) in [6.07, 6.45) is 3.94. The van der Waals surface area contributed by atoms with Crippen molar-refractivity contribution in [3.05, 3.63) is 146 Å². The maximum Gasteiger partial charge on any atom is 0.0553 e. The highest BCUT2D eigenvalue weighted by atomic mass is 15.0. The number of fused-ring (bicyclic) bond motifs is 9. The molecule has 0 amide bonds. The Morgan fingerprint density at radius 2 is 1.07 bits per heavy atom. The van der Waals surface area contributed by atoms with Gasteiger partial charge in [-0.15, -0.1) is 0 Å². The standard InChI is InChI=1S/C39H24N2/c1-2-9-25(10-3-1)26-17-19-27(20-18-26)41-36-16-7-6-13-32(36)39-33-15-8-14-31-28-11-4-5-12-29(28)35-24-40-22-21-30(35)34(38(31)33)23-37(39)41/h1-24H. The van der Waals surface area contributed by atoms with Gasteiger partial charge >= 0.3 is 0 Å². The molecule has 0 aliphatic heterocycles. The van der Waals surface area contributed by atoms with Crippen LogP contribution in [0.5, 0.6) is 0 Å². The van der Waals surface area contributed by atoms with Crippen LogP contribution in [0.25, 0.3) is 82.8 Å². The van der Waals surface area contributed by atoms with Crippen LogP contribution in [0, 0.1) is 0 Å². The van der Waals surface area contributed by atoms with E-state index in [2.05, 4.69) is 143 Å². The van der Waals surface area contributed by atoms with Gasteiger partial charge in [0.2, 0.25) is 0 Å². The van der Waals surface area contributed by atoms with E-state index in [-0.39, 0.29) is 0 Å². The summed E-state index contributed by atoms with van der Waals surface area (Å²) in [5.41, 5.74) is 13.4. The molecule has 2 heteroatoms. The highest BCUT2D eigenvalue weighted by molar-refractivity contribution is 6.28. The molecule has 41 heavy (non-hydrogen) atoms. The first kappa shape index (κ1) is 22.4. The van der Waals surface area contributed by atoms with Crippen LogP contribution in [-0.2, 0) is 0 Å². The molecule has 0 N–H and O–H groups in total. The van der Waals surface area contributed by atoms with Crippen molar-refractivity contribution in [3.8, 4) is 50.2 Å². The average Bonchev–Trinajstić information content (AvgIpc) is 3.33. The number of pyridine rings is 1. The average molecular weight is 521 g/mol. The van der Waals surface area contributed by atoms with E-state index in [1.807, 2.05) is 12.4 Å². The predicted octanol–water partition coefficient (Wildman–Crippen LogP) is 10.3. The van der Waals surface area contributed by atoms with Crippen molar-refractivity contribution >= 4 is 32.6 Å². The summed E-state index contributed by atoms with van der Waals surface area (Å²) >= 11 is 0. The topological polar surface area (TPSA) is 17.8 Å². The van der Waals surface area contributed by atoms with Crippen molar-refractivity contribution in [2.75, 3.05) is 0 Å². The van der Waals surface area contributed by atoms with Crippen molar-refractivity contribution in [1.29, 1.82) is 0 Å². The second-order valence-electron chi connectivity index (χ2n) is 10.8. The fraction of sp³-hybridized carbons (Fsp3) is 0. The smallest absolute Gasteiger partial charge is 0.0553 e. The molecule has 1 aliphatic rings. The molecule has 0 atom stereocenters. The van der Waals surface area contributed by atoms with Gasteiger partial charge in [-0.1, -0.05) is 103 Å². The van der Waals surface area contributed by atoms with Crippen LogP contribution in [-0.4, -0.2) is 9.55 Å². The molecular formula is C39H24N2. The van der Waals surface area contributed by atoms with Crippen molar-refractivity contribution in [1.82, 2.24) is 9.55 Å². The normalized spacial score (nSPS) is 11.9. The molecule has 9 rings (SSSR count). The fourth-order valence-electron chi connectivity index (χ4n) is 6.88. The van der Waals surface area contributed by atoms with E-state index in [0.29, 0.717) is 0 Å². The monoisotopic (exact) mass is 520 g/mol. The highest BCUT2D eigenvalue weighted by Gasteiger charge is 2.25. The van der Waals surface area contributed by atoms with E-state index < -0.39 is 0 Å². The van der Waals surface area contributed by atoms with Crippen LogP contribution in [0.4, 0.5) is 0 Å². The lowest BCUT2D eigenvalue weighted by Crippen LogP contribution is -1.95. The van der Waals surface area contributed by atoms with E-state index in [0.717, 1.165) is 5.69 Å². The fourth-order valence-corrected chi connectivity index (χ4v) is 6.88. The lowest BCUT2D eigenvalue weighted by atomic mass is 9.91. The summed E-state index contributed by atoms with van der Waals surface area (Å²) in [4.78, 5) is 4.56. The maximum atomic E-state index is 4.56. The second kappa shape index (κ2) is 8.51. The Hall–Kier alpha value is -5.47. The first-order valence-electron chi connectivity index (χ1n) is 14.1. The van der Waals surface area contributed by atoms with E-state index in [1.165, 1.54) is 77.1 Å². The van der Waals surface area contributed by atoms with Crippen molar-refractivity contribution < 1.29 is 0 Å². The minimum atomic E-state index is 1.16. The summed E-state index contributed by atoms with van der Waals surface area (Å²) in [7, 11) is 0. The van der Waals surface area contributed by atoms with Gasteiger partial charge in [-0.25, -0.2) is 0 Å². The number of rotatable bonds is 2. The maximum absolute atomic E-state index is 4.56. The zero-order valence-corrected chi connectivity index (χ0v) is 22.3. The predicted molar refractivity (Wildman–Crippen MR) is 171 cm³/mol. The van der Waals surface area contributed by atoms with Crippen LogP contribution in [0.1, 0.15) is 0 Å². The SMILES string of the molecule is c1ccc(-c2ccc(-n3c4ccccc4c4c5cccc6c5c(cc43)-c3ccncc3-c3ccccc3-6)cc2)cc1. The summed E-state index contributed by atoms with van der Waals surface area (Å²) in [5.74, 6) is 0. The third kappa shape index (κ3) is 3.16. The molecule has 8 aromatic rings. The number of aromatic nitrogens is 2. The molecule has 1 aliphatic carbocycles. The number of benzene rings is 6. The molecule has 2 heterocycles. The molecule has 2 nitrogen and oxygen atoms in total. The summed E-state index contributed by atoms with van der Waals surface area (Å²) in [6.45, 7) is 0. The third-order valence-corrected chi connectivity index (χ3v) is 8.65. The Morgan fingerprint density at radius 1 is 0.415 bits per heavy atom. The molecule has 190 valence electrons. The Bertz CT molecular complexity index is 2290. The molecule has 2 aromatic heterocycles. The largest absolute Gasteiger partial charge is 0.309 e. The van der Waals surface area contributed by atoms with Gasteiger partial charge in [0.15, 0.2) is 0 Å². The summed E-state index contributed by atoms with van der Waals surface area (Å²) < 4.78 is 2.43. The number of hydrogen-bond donors (Lipinski definition) is 0. The van der Waals surface area contributed by atoms with Crippen LogP contribution in [0.2, 0.25) is 0 Å². The molecule has 0 spiro atoms. The lowest BCUT2D eigenvalue weighted by Gasteiger charge is -2.14. The first-order chi connectivity index (χ1) is 20.4. The van der Waals surface area contributed by atoms with E-state index in [9.17, 15) is 0 Å². The molecular weight excluding hydrogens is 496 g/mol. The Labute approximate surface area is 237 Å². The van der Waals surface area contributed by atoms with E-state index in [4.69, 9.17) is 0 Å². The second-order valence-corrected chi connectivity index (χ2v) is 10.8. The van der Waals surface area contributed by atoms with Crippen LogP contribution in [0.3, 0.4) is 0 Å². The highest BCUT2D eigenvalue weighted by Crippen LogP contribution is 2.50. The van der Waals surface area contributed by atoms with Crippen LogP contribution in [0.15, 0.2) is 146 Å². The van der Waals surface area contributed by atoms with Crippen molar-refractivity contribution in [3.63, 3.8) is 0 Å². The summed E-state index contributed by atoms with van der Waals surface area (Å²) in [5, 5.41) is 5.15. The van der Waals surface area contributed by atoms with Gasteiger partial charge in [-0.3, -0.25) is 4.98 Å². The Morgan fingerprint density at radius 3 is 1.93 bits per heavy atom. The first-order valence-corrected chi connectivity index (χ1v) is 14.1. The van der Waals surface area contributed by atoms with Crippen LogP contribution < -0.4 is 0 Å². The van der Waals surface area contributed by atoms with Crippen molar-refractivity contribution in [2.45, 2.75) is 0 Å². The number of para-hydroxylation sites is 1. The zero-order chi connectivity index (χ0) is 26.9. The van der Waals surface area contributed by atoms with Crippen molar-refractivity contribution in [2.24, 2.45) is 0 Å². The summed E-state index contributed by atoms with van der Waals surface area (Å²) in [6, 6.07) is 48.5. The molecule has 0 saturated heterocycles. The van der Waals surface area contributed by atoms with E-state index in [1.54, 1.807) is 0 Å². The van der Waals surface area contributed by atoms with Gasteiger partial charge in [-0.05, 0) is 80.0 Å². The third-order valence-electron chi connectivity index (χ3n) is 8.65. The van der Waals surface area contributed by atoms with Gasteiger partial charge in [0.25, 0.3) is 0 Å². The lowest BCUT2D eigenvalue weighted by molar-refractivity contribution is 1.18. The van der Waals surface area contributed by atoms with Gasteiger partial charge in [0, 0.05) is 34.4 Å². The molecule has 0 fully saturated rings. The van der Waals surface area contributed by atoms with Crippen LogP contribution >= 0.6 is 0 Å². The van der Waals surface area contributed by atoms with Gasteiger partial charge < -0.3 is 4.57 Å². The minimum absolute atomic E-state index is 1.16. The quantitative estimate of drug-likeness (QED) is 0.222. The van der Waals surface area contributed by atoms with Gasteiger partial charge in [0.05, 0.1) is 11.0 Å². The molecule has 0 unspecified atom stereocenters. The van der Waals surface area contributed by atoms with Gasteiger partial charge in [0.1, 0.15) is 0 Å². The molecule has 0 saturated carbocycles. The number of nitrogens with zero attached hydrogens (tertiary/aromatic N) is 2. The molecule has 6 aromatic carbocycles. The van der Waals surface area contributed by atoms with Gasteiger partial charge in [-0.2, -0.15) is 0 Å². The number of hydrogen-bond acceptors (Lipinski definition) is 1. The minimum Gasteiger partial charge on any atom is -0.309 e. The Balaban J connectivity index is 1.42. The molecule has 0 bridgehead atoms.